The van der Waals surface area contributed by atoms with Crippen molar-refractivity contribution in [3.8, 4) is 0 Å². The van der Waals surface area contributed by atoms with Gasteiger partial charge in [0.15, 0.2) is 0 Å². The Kier molecular flexibility index (Phi) is 2.59. The fourth-order valence-corrected chi connectivity index (χ4v) is 2.73. The standard InChI is InChI=1S/C12H19NO2/c1-11(10(14)15-2)8-9-12(13-11)6-4-3-5-7-12/h8-9,13H,3-7H2,1-2H3/t11-/m1/s1. The van der Waals surface area contributed by atoms with Gasteiger partial charge < -0.3 is 4.74 Å². The predicted molar refractivity (Wildman–Crippen MR) is 58.5 cm³/mol. The van der Waals surface area contributed by atoms with Crippen LogP contribution in [0.1, 0.15) is 39.0 Å². The molecule has 1 saturated carbocycles. The maximum atomic E-state index is 11.6. The number of nitrogens with one attached hydrogen (secondary N) is 1. The van der Waals surface area contributed by atoms with E-state index in [2.05, 4.69) is 11.4 Å². The molecule has 1 heterocycles. The van der Waals surface area contributed by atoms with Gasteiger partial charge in [-0.2, -0.15) is 0 Å². The molecular formula is C12H19NO2. The zero-order valence-corrected chi connectivity index (χ0v) is 9.51. The Hall–Kier alpha value is -0.830. The number of hydrogen-bond donors (Lipinski definition) is 1. The van der Waals surface area contributed by atoms with Gasteiger partial charge in [-0.05, 0) is 19.8 Å². The van der Waals surface area contributed by atoms with E-state index in [9.17, 15) is 4.79 Å². The Morgan fingerprint density at radius 1 is 1.27 bits per heavy atom. The van der Waals surface area contributed by atoms with Gasteiger partial charge in [0.25, 0.3) is 0 Å². The smallest absolute Gasteiger partial charge is 0.329 e. The Bertz CT molecular complexity index is 292. The van der Waals surface area contributed by atoms with Crippen LogP contribution >= 0.6 is 0 Å². The van der Waals surface area contributed by atoms with Crippen molar-refractivity contribution in [3.63, 3.8) is 0 Å². The third-order valence-electron chi connectivity index (χ3n) is 3.60. The highest BCUT2D eigenvalue weighted by Gasteiger charge is 2.45. The van der Waals surface area contributed by atoms with Crippen LogP contribution in [-0.2, 0) is 9.53 Å². The van der Waals surface area contributed by atoms with Crippen molar-refractivity contribution in [2.75, 3.05) is 7.11 Å². The van der Waals surface area contributed by atoms with Gasteiger partial charge in [0.05, 0.1) is 7.11 Å². The molecule has 0 aromatic heterocycles. The predicted octanol–water partition coefficient (Wildman–Crippen LogP) is 1.78. The summed E-state index contributed by atoms with van der Waals surface area (Å²) in [6, 6.07) is 0. The molecule has 1 atom stereocenters. The van der Waals surface area contributed by atoms with Gasteiger partial charge in [0.2, 0.25) is 0 Å². The van der Waals surface area contributed by atoms with Crippen LogP contribution in [0.4, 0.5) is 0 Å². The molecule has 3 nitrogen and oxygen atoms in total. The first-order valence-electron chi connectivity index (χ1n) is 5.68. The highest BCUT2D eigenvalue weighted by molar-refractivity contribution is 5.84. The Labute approximate surface area is 90.9 Å². The van der Waals surface area contributed by atoms with E-state index in [1.54, 1.807) is 0 Å². The molecule has 3 heteroatoms. The summed E-state index contributed by atoms with van der Waals surface area (Å²) in [7, 11) is 1.44. The molecule has 0 aromatic carbocycles. The molecule has 0 unspecified atom stereocenters. The van der Waals surface area contributed by atoms with Crippen molar-refractivity contribution < 1.29 is 9.53 Å². The summed E-state index contributed by atoms with van der Waals surface area (Å²) in [5, 5.41) is 3.45. The average Bonchev–Trinajstić information content (AvgIpc) is 2.57. The van der Waals surface area contributed by atoms with E-state index >= 15 is 0 Å². The lowest BCUT2D eigenvalue weighted by atomic mass is 9.82. The minimum Gasteiger partial charge on any atom is -0.467 e. The number of rotatable bonds is 1. The Morgan fingerprint density at radius 3 is 2.53 bits per heavy atom. The minimum atomic E-state index is -0.619. The highest BCUT2D eigenvalue weighted by Crippen LogP contribution is 2.36. The van der Waals surface area contributed by atoms with Crippen molar-refractivity contribution in [2.45, 2.75) is 50.1 Å². The second kappa shape index (κ2) is 3.63. The molecule has 0 saturated heterocycles. The van der Waals surface area contributed by atoms with E-state index in [-0.39, 0.29) is 11.5 Å². The first kappa shape index (κ1) is 10.7. The molecule has 0 amide bonds. The second-order valence-corrected chi connectivity index (χ2v) is 4.87. The second-order valence-electron chi connectivity index (χ2n) is 4.87. The van der Waals surface area contributed by atoms with E-state index in [0.29, 0.717) is 0 Å². The number of methoxy groups -OCH3 is 1. The van der Waals surface area contributed by atoms with E-state index in [1.807, 2.05) is 13.0 Å². The molecule has 1 aliphatic heterocycles. The summed E-state index contributed by atoms with van der Waals surface area (Å²) >= 11 is 0. The molecule has 0 bridgehead atoms. The van der Waals surface area contributed by atoms with Crippen molar-refractivity contribution >= 4 is 5.97 Å². The SMILES string of the molecule is COC(=O)[C@@]1(C)C=CC2(CCCCC2)N1. The first-order valence-corrected chi connectivity index (χ1v) is 5.68. The summed E-state index contributed by atoms with van der Waals surface area (Å²) in [5.41, 5.74) is -0.562. The Morgan fingerprint density at radius 2 is 1.93 bits per heavy atom. The zero-order chi connectivity index (χ0) is 10.9. The van der Waals surface area contributed by atoms with Crippen molar-refractivity contribution in [2.24, 2.45) is 0 Å². The van der Waals surface area contributed by atoms with E-state index in [0.717, 1.165) is 12.8 Å². The number of hydrogen-bond acceptors (Lipinski definition) is 3. The van der Waals surface area contributed by atoms with Crippen molar-refractivity contribution in [3.05, 3.63) is 12.2 Å². The van der Waals surface area contributed by atoms with Gasteiger partial charge in [-0.15, -0.1) is 0 Å². The maximum Gasteiger partial charge on any atom is 0.329 e. The lowest BCUT2D eigenvalue weighted by molar-refractivity contribution is -0.146. The third-order valence-corrected chi connectivity index (χ3v) is 3.60. The largest absolute Gasteiger partial charge is 0.467 e. The summed E-state index contributed by atoms with van der Waals surface area (Å²) in [6.07, 6.45) is 10.2. The van der Waals surface area contributed by atoms with Gasteiger partial charge >= 0.3 is 5.97 Å². The minimum absolute atomic E-state index is 0.0567. The molecule has 2 rings (SSSR count). The van der Waals surface area contributed by atoms with Crippen LogP contribution in [0.3, 0.4) is 0 Å². The number of esters is 1. The van der Waals surface area contributed by atoms with Crippen molar-refractivity contribution in [1.29, 1.82) is 0 Å². The monoisotopic (exact) mass is 209 g/mol. The molecule has 84 valence electrons. The van der Waals surface area contributed by atoms with Gasteiger partial charge in [-0.1, -0.05) is 31.4 Å². The number of ether oxygens (including phenoxy) is 1. The lowest BCUT2D eigenvalue weighted by Gasteiger charge is -2.36. The molecule has 1 spiro atoms. The van der Waals surface area contributed by atoms with Gasteiger partial charge in [-0.25, -0.2) is 4.79 Å². The molecule has 0 radical (unpaired) electrons. The highest BCUT2D eigenvalue weighted by atomic mass is 16.5. The molecule has 1 aliphatic carbocycles. The quantitative estimate of drug-likeness (QED) is 0.528. The summed E-state index contributed by atoms with van der Waals surface area (Å²) < 4.78 is 4.82. The fraction of sp³-hybridized carbons (Fsp3) is 0.750. The van der Waals surface area contributed by atoms with Crippen LogP contribution in [0.25, 0.3) is 0 Å². The van der Waals surface area contributed by atoms with Crippen LogP contribution in [0.5, 0.6) is 0 Å². The lowest BCUT2D eigenvalue weighted by Crippen LogP contribution is -2.55. The van der Waals surface area contributed by atoms with Gasteiger partial charge in [0, 0.05) is 5.54 Å². The first-order chi connectivity index (χ1) is 7.10. The number of carbonyl (C=O) groups is 1. The van der Waals surface area contributed by atoms with Crippen LogP contribution in [0, 0.1) is 0 Å². The van der Waals surface area contributed by atoms with E-state index < -0.39 is 5.54 Å². The molecule has 1 N–H and O–H groups in total. The summed E-state index contributed by atoms with van der Waals surface area (Å²) in [4.78, 5) is 11.6. The Balaban J connectivity index is 2.12. The van der Waals surface area contributed by atoms with Crippen LogP contribution in [0.15, 0.2) is 12.2 Å². The van der Waals surface area contributed by atoms with Crippen LogP contribution in [0.2, 0.25) is 0 Å². The van der Waals surface area contributed by atoms with Gasteiger partial charge in [0.1, 0.15) is 5.54 Å². The third kappa shape index (κ3) is 1.81. The average molecular weight is 209 g/mol. The van der Waals surface area contributed by atoms with Crippen LogP contribution < -0.4 is 5.32 Å². The normalized spacial score (nSPS) is 33.2. The summed E-state index contributed by atoms with van der Waals surface area (Å²) in [6.45, 7) is 1.89. The molecule has 15 heavy (non-hydrogen) atoms. The fourth-order valence-electron chi connectivity index (χ4n) is 2.73. The molecule has 2 aliphatic rings. The molecule has 1 fully saturated rings. The number of carbonyl (C=O) groups excluding carboxylic acids is 1. The molecular weight excluding hydrogens is 190 g/mol. The zero-order valence-electron chi connectivity index (χ0n) is 9.51. The van der Waals surface area contributed by atoms with Crippen LogP contribution in [-0.4, -0.2) is 24.2 Å². The topological polar surface area (TPSA) is 38.3 Å². The summed E-state index contributed by atoms with van der Waals surface area (Å²) in [5.74, 6) is -0.193. The molecule has 0 aromatic rings. The maximum absolute atomic E-state index is 11.6. The van der Waals surface area contributed by atoms with Crippen molar-refractivity contribution in [1.82, 2.24) is 5.32 Å². The van der Waals surface area contributed by atoms with Gasteiger partial charge in [-0.3, -0.25) is 5.32 Å². The van der Waals surface area contributed by atoms with E-state index in [4.69, 9.17) is 4.74 Å². The van der Waals surface area contributed by atoms with E-state index in [1.165, 1.54) is 26.4 Å².